The number of hydrogen-bond acceptors (Lipinski definition) is 6. The van der Waals surface area contributed by atoms with Gasteiger partial charge in [0.25, 0.3) is 0 Å². The monoisotopic (exact) mass is 529 g/mol. The molecule has 3 aromatic heterocycles. The van der Waals surface area contributed by atoms with Crippen LogP contribution in [0, 0.1) is 0 Å². The Kier molecular flexibility index (Phi) is 7.28. The molecule has 1 N–H and O–H groups in total. The molecular weight excluding hydrogens is 494 g/mol. The molecule has 5 rings (SSSR count). The Morgan fingerprint density at radius 3 is 2.36 bits per heavy atom. The highest BCUT2D eigenvalue weighted by Crippen LogP contribution is 2.27. The Morgan fingerprint density at radius 1 is 0.949 bits per heavy atom. The second-order valence-electron chi connectivity index (χ2n) is 10.9. The molecular formula is C29H35N7O3. The minimum absolute atomic E-state index is 0.000498. The summed E-state index contributed by atoms with van der Waals surface area (Å²) in [6, 6.07) is 13.2. The molecule has 10 nitrogen and oxygen atoms in total. The van der Waals surface area contributed by atoms with Gasteiger partial charge in [-0.3, -0.25) is 9.48 Å². The second kappa shape index (κ2) is 10.8. The van der Waals surface area contributed by atoms with E-state index in [1.54, 1.807) is 4.68 Å². The number of fused-ring (bicyclic) bond motifs is 1. The van der Waals surface area contributed by atoms with E-state index in [-0.39, 0.29) is 12.3 Å². The summed E-state index contributed by atoms with van der Waals surface area (Å²) in [5, 5.41) is 11.7. The van der Waals surface area contributed by atoms with E-state index in [1.165, 1.54) is 0 Å². The van der Waals surface area contributed by atoms with E-state index in [0.29, 0.717) is 26.2 Å². The van der Waals surface area contributed by atoms with Crippen molar-refractivity contribution >= 4 is 23.2 Å². The van der Waals surface area contributed by atoms with Gasteiger partial charge in [-0.25, -0.2) is 9.31 Å². The average Bonchev–Trinajstić information content (AvgIpc) is 3.53. The average molecular weight is 530 g/mol. The van der Waals surface area contributed by atoms with Crippen LogP contribution >= 0.6 is 0 Å². The van der Waals surface area contributed by atoms with Crippen LogP contribution in [0.3, 0.4) is 0 Å². The zero-order chi connectivity index (χ0) is 27.6. The predicted molar refractivity (Wildman–Crippen MR) is 149 cm³/mol. The van der Waals surface area contributed by atoms with Gasteiger partial charge in [0.1, 0.15) is 5.60 Å². The van der Waals surface area contributed by atoms with Gasteiger partial charge >= 0.3 is 6.09 Å². The summed E-state index contributed by atoms with van der Waals surface area (Å²) in [6.45, 7) is 8.05. The Morgan fingerprint density at radius 2 is 1.69 bits per heavy atom. The van der Waals surface area contributed by atoms with Crippen molar-refractivity contribution in [3.63, 3.8) is 0 Å². The van der Waals surface area contributed by atoms with Crippen molar-refractivity contribution in [2.45, 2.75) is 38.8 Å². The Hall–Kier alpha value is -4.34. The summed E-state index contributed by atoms with van der Waals surface area (Å²) in [5.74, 6) is 0.000498. The van der Waals surface area contributed by atoms with Crippen molar-refractivity contribution in [3.05, 3.63) is 72.8 Å². The van der Waals surface area contributed by atoms with Crippen molar-refractivity contribution < 1.29 is 14.3 Å². The zero-order valence-corrected chi connectivity index (χ0v) is 22.9. The molecule has 0 spiro atoms. The maximum absolute atomic E-state index is 13.3. The molecule has 0 saturated carbocycles. The van der Waals surface area contributed by atoms with Crippen LogP contribution in [0.15, 0.2) is 67.3 Å². The molecule has 0 bridgehead atoms. The van der Waals surface area contributed by atoms with Crippen LogP contribution in [0.4, 0.5) is 10.5 Å². The van der Waals surface area contributed by atoms with E-state index >= 15 is 0 Å². The lowest BCUT2D eigenvalue weighted by atomic mass is 10.0. The fraction of sp³-hybridized carbons (Fsp3) is 0.379. The van der Waals surface area contributed by atoms with Gasteiger partial charge in [0.15, 0.2) is 0 Å². The minimum Gasteiger partial charge on any atom is -0.444 e. The minimum atomic E-state index is -0.621. The number of amides is 2. The number of rotatable bonds is 6. The van der Waals surface area contributed by atoms with Crippen molar-refractivity contribution in [2.75, 3.05) is 31.1 Å². The number of alkyl carbamates (subject to hydrolysis) is 1. The fourth-order valence-electron chi connectivity index (χ4n) is 4.84. The molecule has 10 heteroatoms. The molecule has 39 heavy (non-hydrogen) atoms. The van der Waals surface area contributed by atoms with Crippen LogP contribution in [0.5, 0.6) is 0 Å². The summed E-state index contributed by atoms with van der Waals surface area (Å²) in [4.78, 5) is 30.0. The van der Waals surface area contributed by atoms with Crippen LogP contribution < -0.4 is 10.2 Å². The first-order valence-electron chi connectivity index (χ1n) is 13.2. The maximum Gasteiger partial charge on any atom is 0.408 e. The molecule has 1 atom stereocenters. The highest BCUT2D eigenvalue weighted by molar-refractivity contribution is 5.79. The Balaban J connectivity index is 1.23. The Bertz CT molecular complexity index is 1450. The van der Waals surface area contributed by atoms with Crippen LogP contribution in [-0.4, -0.2) is 68.1 Å². The Labute approximate surface area is 228 Å². The van der Waals surface area contributed by atoms with Crippen molar-refractivity contribution in [3.8, 4) is 11.1 Å². The van der Waals surface area contributed by atoms with Gasteiger partial charge in [0.05, 0.1) is 36.1 Å². The summed E-state index contributed by atoms with van der Waals surface area (Å²) >= 11 is 0. The number of anilines is 1. The molecule has 0 unspecified atom stereocenters. The van der Waals surface area contributed by atoms with Gasteiger partial charge in [-0.15, -0.1) is 0 Å². The van der Waals surface area contributed by atoms with Gasteiger partial charge in [0.2, 0.25) is 5.91 Å². The normalized spacial score (nSPS) is 14.9. The fourth-order valence-corrected chi connectivity index (χ4v) is 4.84. The number of benzene rings is 1. The third kappa shape index (κ3) is 6.22. The third-order valence-corrected chi connectivity index (χ3v) is 6.78. The SMILES string of the molecule is Cn1cc(-c2ccc3c(N4CCN(C(=O)C[C@H](NC(=O)OC(C)(C)C)c5ccccc5)CC4)cnn3c2)cn1. The smallest absolute Gasteiger partial charge is 0.408 e. The number of aromatic nitrogens is 4. The lowest BCUT2D eigenvalue weighted by Crippen LogP contribution is -2.49. The maximum atomic E-state index is 13.3. The number of carbonyl (C=O) groups is 2. The lowest BCUT2D eigenvalue weighted by Gasteiger charge is -2.36. The molecule has 1 aliphatic rings. The molecule has 1 aliphatic heterocycles. The topological polar surface area (TPSA) is 97.0 Å². The number of ether oxygens (including phenoxy) is 1. The first-order valence-corrected chi connectivity index (χ1v) is 13.2. The number of piperazine rings is 1. The summed E-state index contributed by atoms with van der Waals surface area (Å²) in [5.41, 5.74) is 4.41. The van der Waals surface area contributed by atoms with E-state index < -0.39 is 17.7 Å². The number of aryl methyl sites for hydroxylation is 1. The third-order valence-electron chi connectivity index (χ3n) is 6.78. The van der Waals surface area contributed by atoms with E-state index in [2.05, 4.69) is 32.5 Å². The number of nitrogens with one attached hydrogen (secondary N) is 1. The number of nitrogens with zero attached hydrogens (tertiary/aromatic N) is 6. The largest absolute Gasteiger partial charge is 0.444 e. The van der Waals surface area contributed by atoms with E-state index in [1.807, 2.05) is 92.4 Å². The van der Waals surface area contributed by atoms with Gasteiger partial charge < -0.3 is 19.9 Å². The van der Waals surface area contributed by atoms with Gasteiger partial charge in [-0.2, -0.15) is 10.2 Å². The molecule has 1 saturated heterocycles. The summed E-state index contributed by atoms with van der Waals surface area (Å²) in [6.07, 6.45) is 7.35. The standard InChI is InChI=1S/C29H35N7O3/c1-29(2,3)39-28(38)32-24(21-8-6-5-7-9-21)16-27(37)35-14-12-34(13-15-35)26-18-31-36-20-22(10-11-25(26)36)23-17-30-33(4)19-23/h5-11,17-20,24H,12-16H2,1-4H3,(H,32,38)/t24-/m0/s1. The zero-order valence-electron chi connectivity index (χ0n) is 22.9. The lowest BCUT2D eigenvalue weighted by molar-refractivity contribution is -0.132. The number of pyridine rings is 1. The first kappa shape index (κ1) is 26.3. The summed E-state index contributed by atoms with van der Waals surface area (Å²) < 4.78 is 9.12. The predicted octanol–water partition coefficient (Wildman–Crippen LogP) is 4.04. The molecule has 4 heterocycles. The van der Waals surface area contributed by atoms with E-state index in [9.17, 15) is 9.59 Å². The molecule has 0 aliphatic carbocycles. The second-order valence-corrected chi connectivity index (χ2v) is 10.9. The van der Waals surface area contributed by atoms with E-state index in [4.69, 9.17) is 4.74 Å². The van der Waals surface area contributed by atoms with Crippen molar-refractivity contribution in [1.29, 1.82) is 0 Å². The molecule has 2 amide bonds. The summed E-state index contributed by atoms with van der Waals surface area (Å²) in [7, 11) is 1.90. The first-order chi connectivity index (χ1) is 18.7. The van der Waals surface area contributed by atoms with Gasteiger partial charge in [-0.05, 0) is 32.4 Å². The highest BCUT2D eigenvalue weighted by Gasteiger charge is 2.27. The molecule has 204 valence electrons. The van der Waals surface area contributed by atoms with Crippen LogP contribution in [0.2, 0.25) is 0 Å². The number of carbonyl (C=O) groups excluding carboxylic acids is 2. The molecule has 1 fully saturated rings. The molecule has 0 radical (unpaired) electrons. The quantitative estimate of drug-likeness (QED) is 0.405. The van der Waals surface area contributed by atoms with Crippen molar-refractivity contribution in [1.82, 2.24) is 29.6 Å². The van der Waals surface area contributed by atoms with Crippen LogP contribution in [0.1, 0.15) is 38.8 Å². The highest BCUT2D eigenvalue weighted by atomic mass is 16.6. The van der Waals surface area contributed by atoms with Crippen LogP contribution in [0.25, 0.3) is 16.6 Å². The van der Waals surface area contributed by atoms with Gasteiger partial charge in [-0.1, -0.05) is 36.4 Å². The molecule has 1 aromatic carbocycles. The van der Waals surface area contributed by atoms with E-state index in [0.717, 1.165) is 27.9 Å². The van der Waals surface area contributed by atoms with Crippen molar-refractivity contribution in [2.24, 2.45) is 7.05 Å². The van der Waals surface area contributed by atoms with Gasteiger partial charge in [0, 0.05) is 56.7 Å². The van der Waals surface area contributed by atoms with Crippen LogP contribution in [-0.2, 0) is 16.6 Å². The number of hydrogen-bond donors (Lipinski definition) is 1. The molecule has 4 aromatic rings.